The van der Waals surface area contributed by atoms with E-state index in [9.17, 15) is 19.5 Å². The van der Waals surface area contributed by atoms with Crippen molar-refractivity contribution in [2.45, 2.75) is 33.1 Å². The van der Waals surface area contributed by atoms with Gasteiger partial charge in [-0.1, -0.05) is 12.1 Å². The summed E-state index contributed by atoms with van der Waals surface area (Å²) in [7, 11) is 1.46. The molecule has 2 aliphatic rings. The maximum Gasteiger partial charge on any atom is 0.306 e. The van der Waals surface area contributed by atoms with Crippen LogP contribution in [0.25, 0.3) is 0 Å². The molecule has 31 heavy (non-hydrogen) atoms. The lowest BCUT2D eigenvalue weighted by Crippen LogP contribution is -2.29. The molecule has 0 saturated heterocycles. The van der Waals surface area contributed by atoms with Gasteiger partial charge in [-0.2, -0.15) is 0 Å². The van der Waals surface area contributed by atoms with Crippen molar-refractivity contribution < 1.29 is 33.7 Å². The highest BCUT2D eigenvalue weighted by Gasteiger charge is 2.42. The van der Waals surface area contributed by atoms with Crippen molar-refractivity contribution in [1.29, 1.82) is 0 Å². The van der Waals surface area contributed by atoms with Gasteiger partial charge in [0.1, 0.15) is 17.2 Å². The van der Waals surface area contributed by atoms with Gasteiger partial charge in [0.2, 0.25) is 5.78 Å². The average molecular weight is 424 g/mol. The van der Waals surface area contributed by atoms with Gasteiger partial charge in [-0.25, -0.2) is 0 Å². The Morgan fingerprint density at radius 2 is 1.65 bits per heavy atom. The Kier molecular flexibility index (Phi) is 5.43. The molecule has 0 heterocycles. The number of hydrogen-bond donors (Lipinski definition) is 1. The van der Waals surface area contributed by atoms with Crippen LogP contribution in [0.15, 0.2) is 18.2 Å². The first-order valence-electron chi connectivity index (χ1n) is 10.4. The third-order valence-corrected chi connectivity index (χ3v) is 5.91. The fourth-order valence-electron chi connectivity index (χ4n) is 4.59. The van der Waals surface area contributed by atoms with Crippen molar-refractivity contribution in [3.63, 3.8) is 0 Å². The van der Waals surface area contributed by atoms with Gasteiger partial charge in [-0.05, 0) is 39.2 Å². The fraction of sp³-hybridized carbons (Fsp3) is 0.375. The summed E-state index contributed by atoms with van der Waals surface area (Å²) < 4.78 is 17.2. The van der Waals surface area contributed by atoms with Gasteiger partial charge < -0.3 is 19.3 Å². The highest BCUT2D eigenvalue weighted by molar-refractivity contribution is 6.31. The number of rotatable bonds is 6. The maximum absolute atomic E-state index is 13.7. The van der Waals surface area contributed by atoms with Crippen molar-refractivity contribution >= 4 is 17.5 Å². The molecule has 0 spiro atoms. The van der Waals surface area contributed by atoms with E-state index in [1.165, 1.54) is 7.11 Å². The summed E-state index contributed by atoms with van der Waals surface area (Å²) in [6, 6.07) is 4.90. The number of hydrogen-bond acceptors (Lipinski definition) is 6. The number of carboxylic acids is 1. The van der Waals surface area contributed by atoms with E-state index in [1.807, 2.05) is 6.92 Å². The number of aliphatic carboxylic acids is 1. The van der Waals surface area contributed by atoms with Gasteiger partial charge in [0.05, 0.1) is 42.9 Å². The first-order valence-corrected chi connectivity index (χ1v) is 10.4. The Hall–Kier alpha value is -3.35. The smallest absolute Gasteiger partial charge is 0.306 e. The number of carboxylic acid groups (broad SMARTS) is 1. The van der Waals surface area contributed by atoms with Crippen molar-refractivity contribution in [3.05, 3.63) is 51.6 Å². The van der Waals surface area contributed by atoms with Crippen LogP contribution in [-0.4, -0.2) is 43.0 Å². The molecule has 1 atom stereocenters. The van der Waals surface area contributed by atoms with Gasteiger partial charge in [-0.15, -0.1) is 0 Å². The lowest BCUT2D eigenvalue weighted by molar-refractivity contribution is -0.142. The summed E-state index contributed by atoms with van der Waals surface area (Å²) in [4.78, 5) is 39.0. The Morgan fingerprint density at radius 1 is 1.00 bits per heavy atom. The SMILES string of the molecule is CCOc1c2c(c(OCC)c3c1C(=O)c1cccc(OC)c1C3=O)CCC(C(=O)O)C2. The molecule has 162 valence electrons. The van der Waals surface area contributed by atoms with Crippen LogP contribution in [0.3, 0.4) is 0 Å². The number of ketones is 2. The van der Waals surface area contributed by atoms with Gasteiger partial charge in [-0.3, -0.25) is 14.4 Å². The topological polar surface area (TPSA) is 99.1 Å². The second kappa shape index (κ2) is 8.06. The molecular formula is C24H24O7. The van der Waals surface area contributed by atoms with Crippen LogP contribution in [0.4, 0.5) is 0 Å². The van der Waals surface area contributed by atoms with E-state index in [0.717, 1.165) is 5.56 Å². The highest BCUT2D eigenvalue weighted by atomic mass is 16.5. The second-order valence-corrected chi connectivity index (χ2v) is 7.55. The minimum Gasteiger partial charge on any atom is -0.496 e. The average Bonchev–Trinajstić information content (AvgIpc) is 2.77. The zero-order chi connectivity index (χ0) is 22.3. The third-order valence-electron chi connectivity index (χ3n) is 5.91. The molecule has 2 aliphatic carbocycles. The maximum atomic E-state index is 13.7. The molecule has 0 saturated carbocycles. The summed E-state index contributed by atoms with van der Waals surface area (Å²) in [5.74, 6) is -1.20. The number of carbonyl (C=O) groups excluding carboxylic acids is 2. The van der Waals surface area contributed by atoms with Crippen LogP contribution in [0, 0.1) is 5.92 Å². The number of benzene rings is 2. The lowest BCUT2D eigenvalue weighted by Gasteiger charge is -2.31. The first kappa shape index (κ1) is 20.9. The molecule has 7 heteroatoms. The van der Waals surface area contributed by atoms with Crippen molar-refractivity contribution in [2.75, 3.05) is 20.3 Å². The monoisotopic (exact) mass is 424 g/mol. The van der Waals surface area contributed by atoms with Gasteiger partial charge in [0.25, 0.3) is 0 Å². The van der Waals surface area contributed by atoms with E-state index in [2.05, 4.69) is 0 Å². The predicted molar refractivity (Wildman–Crippen MR) is 112 cm³/mol. The first-order chi connectivity index (χ1) is 14.9. The quantitative estimate of drug-likeness (QED) is 0.647. The van der Waals surface area contributed by atoms with Crippen LogP contribution in [0.5, 0.6) is 17.2 Å². The summed E-state index contributed by atoms with van der Waals surface area (Å²) in [6.45, 7) is 4.17. The molecule has 0 bridgehead atoms. The molecule has 0 fully saturated rings. The number of carbonyl (C=O) groups is 3. The molecule has 1 N–H and O–H groups in total. The lowest BCUT2D eigenvalue weighted by atomic mass is 9.75. The minimum atomic E-state index is -0.888. The number of ether oxygens (including phenoxy) is 3. The van der Waals surface area contributed by atoms with E-state index < -0.39 is 11.9 Å². The Bertz CT molecular complexity index is 1100. The molecule has 7 nitrogen and oxygen atoms in total. The minimum absolute atomic E-state index is 0.154. The highest BCUT2D eigenvalue weighted by Crippen LogP contribution is 2.48. The molecule has 2 aromatic carbocycles. The predicted octanol–water partition coefficient (Wildman–Crippen LogP) is 3.46. The zero-order valence-corrected chi connectivity index (χ0v) is 17.7. The number of fused-ring (bicyclic) bond motifs is 3. The largest absolute Gasteiger partial charge is 0.496 e. The van der Waals surface area contributed by atoms with Gasteiger partial charge in [0, 0.05) is 16.7 Å². The molecular weight excluding hydrogens is 400 g/mol. The van der Waals surface area contributed by atoms with Crippen LogP contribution in [-0.2, 0) is 17.6 Å². The van der Waals surface area contributed by atoms with Crippen LogP contribution >= 0.6 is 0 Å². The van der Waals surface area contributed by atoms with Crippen molar-refractivity contribution in [1.82, 2.24) is 0 Å². The Labute approximate surface area is 179 Å². The summed E-state index contributed by atoms with van der Waals surface area (Å²) in [5, 5.41) is 9.57. The molecule has 0 amide bonds. The Morgan fingerprint density at radius 3 is 2.26 bits per heavy atom. The van der Waals surface area contributed by atoms with E-state index >= 15 is 0 Å². The van der Waals surface area contributed by atoms with Gasteiger partial charge in [0.15, 0.2) is 5.78 Å². The third kappa shape index (κ3) is 3.15. The normalized spacial score (nSPS) is 16.8. The molecule has 0 aromatic heterocycles. The van der Waals surface area contributed by atoms with Crippen LogP contribution < -0.4 is 14.2 Å². The Balaban J connectivity index is 2.06. The van der Waals surface area contributed by atoms with Crippen molar-refractivity contribution in [3.8, 4) is 17.2 Å². The zero-order valence-electron chi connectivity index (χ0n) is 17.7. The standard InChI is InChI=1S/C24H24O7/c1-4-30-22-13-10-9-12(24(27)28)11-15(13)23(31-5-2)18-19(22)21(26)17-14(20(18)25)7-6-8-16(17)29-3/h6-8,12H,4-5,9-11H2,1-3H3,(H,27,28). The molecule has 0 radical (unpaired) electrons. The van der Waals surface area contributed by atoms with E-state index in [-0.39, 0.29) is 46.8 Å². The van der Waals surface area contributed by atoms with E-state index in [0.29, 0.717) is 42.3 Å². The summed E-state index contributed by atoms with van der Waals surface area (Å²) >= 11 is 0. The molecule has 1 unspecified atom stereocenters. The van der Waals surface area contributed by atoms with Crippen LogP contribution in [0.2, 0.25) is 0 Å². The summed E-state index contributed by atoms with van der Waals surface area (Å²) in [6.07, 6.45) is 1.07. The van der Waals surface area contributed by atoms with Crippen molar-refractivity contribution in [2.24, 2.45) is 5.92 Å². The van der Waals surface area contributed by atoms with E-state index in [1.54, 1.807) is 25.1 Å². The second-order valence-electron chi connectivity index (χ2n) is 7.55. The fourth-order valence-corrected chi connectivity index (χ4v) is 4.59. The van der Waals surface area contributed by atoms with Gasteiger partial charge >= 0.3 is 5.97 Å². The molecule has 2 aromatic rings. The van der Waals surface area contributed by atoms with E-state index in [4.69, 9.17) is 14.2 Å². The molecule has 0 aliphatic heterocycles. The number of methoxy groups -OCH3 is 1. The van der Waals surface area contributed by atoms with Crippen LogP contribution in [0.1, 0.15) is 63.2 Å². The molecule has 4 rings (SSSR count). The summed E-state index contributed by atoms with van der Waals surface area (Å²) in [5.41, 5.74) is 2.19.